The van der Waals surface area contributed by atoms with Gasteiger partial charge in [0, 0.05) is 17.4 Å². The number of aromatic nitrogens is 2. The molecule has 18 heavy (non-hydrogen) atoms. The number of halogens is 1. The van der Waals surface area contributed by atoms with Gasteiger partial charge in [-0.2, -0.15) is 0 Å². The number of hydrogen-bond donors (Lipinski definition) is 3. The molecule has 4 N–H and O–H groups in total. The van der Waals surface area contributed by atoms with Crippen molar-refractivity contribution in [3.05, 3.63) is 41.4 Å². The molecule has 2 aromatic rings. The molecule has 0 aliphatic carbocycles. The minimum atomic E-state index is -3.68. The van der Waals surface area contributed by atoms with Gasteiger partial charge in [0.05, 0.1) is 12.2 Å². The molecule has 96 valence electrons. The molecule has 0 saturated heterocycles. The lowest BCUT2D eigenvalue weighted by molar-refractivity contribution is 0.580. The third kappa shape index (κ3) is 2.81. The number of aromatic amines is 1. The number of rotatable bonds is 4. The largest absolute Gasteiger partial charge is 0.398 e. The zero-order valence-electron chi connectivity index (χ0n) is 9.22. The molecule has 0 atom stereocenters. The molecule has 0 bridgehead atoms. The number of sulfonamides is 1. The van der Waals surface area contributed by atoms with Gasteiger partial charge in [-0.15, -0.1) is 0 Å². The fourth-order valence-corrected chi connectivity index (χ4v) is 2.68. The van der Waals surface area contributed by atoms with Crippen molar-refractivity contribution in [3.8, 4) is 0 Å². The van der Waals surface area contributed by atoms with E-state index in [1.54, 1.807) is 12.4 Å². The Balaban J connectivity index is 2.20. The Morgan fingerprint density at radius 2 is 2.22 bits per heavy atom. The SMILES string of the molecule is Nc1cc(Cl)ccc1S(=O)(=O)NCc1ncc[nH]1. The van der Waals surface area contributed by atoms with E-state index in [1.807, 2.05) is 0 Å². The Morgan fingerprint density at radius 1 is 1.44 bits per heavy atom. The van der Waals surface area contributed by atoms with Gasteiger partial charge in [-0.3, -0.25) is 0 Å². The summed E-state index contributed by atoms with van der Waals surface area (Å²) < 4.78 is 26.4. The smallest absolute Gasteiger partial charge is 0.243 e. The topological polar surface area (TPSA) is 101 Å². The number of hydrogen-bond acceptors (Lipinski definition) is 4. The van der Waals surface area contributed by atoms with Crippen LogP contribution in [-0.2, 0) is 16.6 Å². The minimum Gasteiger partial charge on any atom is -0.398 e. The highest BCUT2D eigenvalue weighted by Crippen LogP contribution is 2.22. The zero-order chi connectivity index (χ0) is 13.2. The highest BCUT2D eigenvalue weighted by atomic mass is 35.5. The van der Waals surface area contributed by atoms with Crippen LogP contribution >= 0.6 is 11.6 Å². The summed E-state index contributed by atoms with van der Waals surface area (Å²) in [5.41, 5.74) is 5.74. The van der Waals surface area contributed by atoms with E-state index in [4.69, 9.17) is 17.3 Å². The van der Waals surface area contributed by atoms with Gasteiger partial charge in [0.1, 0.15) is 10.7 Å². The Kier molecular flexibility index (Phi) is 3.55. The summed E-state index contributed by atoms with van der Waals surface area (Å²) in [5.74, 6) is 0.520. The molecule has 0 spiro atoms. The second-order valence-electron chi connectivity index (χ2n) is 3.54. The summed E-state index contributed by atoms with van der Waals surface area (Å²) in [4.78, 5) is 6.71. The van der Waals surface area contributed by atoms with Crippen LogP contribution in [0.25, 0.3) is 0 Å². The van der Waals surface area contributed by atoms with Crippen LogP contribution in [0.2, 0.25) is 5.02 Å². The molecule has 8 heteroatoms. The molecule has 2 rings (SSSR count). The Morgan fingerprint density at radius 3 is 2.83 bits per heavy atom. The number of nitrogen functional groups attached to an aromatic ring is 1. The van der Waals surface area contributed by atoms with Crippen molar-refractivity contribution in [2.24, 2.45) is 0 Å². The summed E-state index contributed by atoms with van der Waals surface area (Å²) in [5, 5.41) is 0.387. The first-order valence-electron chi connectivity index (χ1n) is 5.02. The van der Waals surface area contributed by atoms with Gasteiger partial charge >= 0.3 is 0 Å². The number of nitrogens with zero attached hydrogens (tertiary/aromatic N) is 1. The van der Waals surface area contributed by atoms with E-state index >= 15 is 0 Å². The van der Waals surface area contributed by atoms with E-state index in [0.29, 0.717) is 10.8 Å². The van der Waals surface area contributed by atoms with Crippen molar-refractivity contribution in [2.45, 2.75) is 11.4 Å². The van der Waals surface area contributed by atoms with E-state index in [9.17, 15) is 8.42 Å². The Labute approximate surface area is 109 Å². The summed E-state index contributed by atoms with van der Waals surface area (Å²) in [6, 6.07) is 4.23. The molecule has 1 aromatic carbocycles. The van der Waals surface area contributed by atoms with Crippen LogP contribution < -0.4 is 10.5 Å². The Hall–Kier alpha value is -1.57. The highest BCUT2D eigenvalue weighted by molar-refractivity contribution is 7.89. The third-order valence-corrected chi connectivity index (χ3v) is 3.96. The molecule has 0 amide bonds. The summed E-state index contributed by atoms with van der Waals surface area (Å²) in [6.07, 6.45) is 3.15. The molecule has 1 heterocycles. The van der Waals surface area contributed by atoms with E-state index in [-0.39, 0.29) is 17.1 Å². The zero-order valence-corrected chi connectivity index (χ0v) is 10.8. The lowest BCUT2D eigenvalue weighted by Gasteiger charge is -2.08. The molecule has 0 aliphatic rings. The van der Waals surface area contributed by atoms with Crippen LogP contribution in [0.3, 0.4) is 0 Å². The average molecular weight is 287 g/mol. The summed E-state index contributed by atoms with van der Waals surface area (Å²) >= 11 is 5.72. The van der Waals surface area contributed by atoms with Crippen molar-refractivity contribution >= 4 is 27.3 Å². The van der Waals surface area contributed by atoms with Gasteiger partial charge < -0.3 is 10.7 Å². The standard InChI is InChI=1S/C10H11ClN4O2S/c11-7-1-2-9(8(12)5-7)18(16,17)15-6-10-13-3-4-14-10/h1-5,15H,6,12H2,(H,13,14). The van der Waals surface area contributed by atoms with Gasteiger partial charge in [0.15, 0.2) is 0 Å². The van der Waals surface area contributed by atoms with E-state index < -0.39 is 10.0 Å². The first-order chi connectivity index (χ1) is 8.49. The molecular weight excluding hydrogens is 276 g/mol. The molecule has 0 fully saturated rings. The molecule has 0 aliphatic heterocycles. The fourth-order valence-electron chi connectivity index (χ4n) is 1.40. The first kappa shape index (κ1) is 12.9. The van der Waals surface area contributed by atoms with Crippen LogP contribution in [0, 0.1) is 0 Å². The number of nitrogens with one attached hydrogen (secondary N) is 2. The average Bonchev–Trinajstić information content (AvgIpc) is 2.78. The fraction of sp³-hybridized carbons (Fsp3) is 0.100. The maximum Gasteiger partial charge on any atom is 0.243 e. The van der Waals surface area contributed by atoms with Crippen molar-refractivity contribution in [1.29, 1.82) is 0 Å². The molecule has 1 aromatic heterocycles. The van der Waals surface area contributed by atoms with Gasteiger partial charge in [-0.05, 0) is 18.2 Å². The van der Waals surface area contributed by atoms with E-state index in [2.05, 4.69) is 14.7 Å². The number of H-pyrrole nitrogens is 1. The quantitative estimate of drug-likeness (QED) is 0.733. The Bertz CT molecular complexity index is 640. The second kappa shape index (κ2) is 4.97. The maximum absolute atomic E-state index is 12.0. The van der Waals surface area contributed by atoms with Crippen LogP contribution in [0.15, 0.2) is 35.5 Å². The molecule has 0 saturated carbocycles. The normalized spacial score (nSPS) is 11.6. The van der Waals surface area contributed by atoms with Crippen LogP contribution in [0.4, 0.5) is 5.69 Å². The van der Waals surface area contributed by atoms with Crippen LogP contribution in [0.1, 0.15) is 5.82 Å². The van der Waals surface area contributed by atoms with Crippen molar-refractivity contribution in [3.63, 3.8) is 0 Å². The summed E-state index contributed by atoms with van der Waals surface area (Å²) in [6.45, 7) is 0.0669. The van der Waals surface area contributed by atoms with E-state index in [0.717, 1.165) is 0 Å². The lowest BCUT2D eigenvalue weighted by atomic mass is 10.3. The molecular formula is C10H11ClN4O2S. The second-order valence-corrected chi connectivity index (χ2v) is 5.71. The van der Waals surface area contributed by atoms with Crippen molar-refractivity contribution in [1.82, 2.24) is 14.7 Å². The van der Waals surface area contributed by atoms with Crippen LogP contribution in [0.5, 0.6) is 0 Å². The highest BCUT2D eigenvalue weighted by Gasteiger charge is 2.17. The first-order valence-corrected chi connectivity index (χ1v) is 6.88. The maximum atomic E-state index is 12.0. The van der Waals surface area contributed by atoms with Gasteiger partial charge in [0.25, 0.3) is 0 Å². The van der Waals surface area contributed by atoms with Crippen LogP contribution in [-0.4, -0.2) is 18.4 Å². The minimum absolute atomic E-state index is 0.00143. The predicted molar refractivity (Wildman–Crippen MR) is 68.5 cm³/mol. The number of anilines is 1. The van der Waals surface area contributed by atoms with E-state index in [1.165, 1.54) is 18.2 Å². The van der Waals surface area contributed by atoms with Gasteiger partial charge in [0.2, 0.25) is 10.0 Å². The number of imidazole rings is 1. The van der Waals surface area contributed by atoms with Gasteiger partial charge in [-0.1, -0.05) is 11.6 Å². The third-order valence-electron chi connectivity index (χ3n) is 2.25. The molecule has 0 unspecified atom stereocenters. The summed E-state index contributed by atoms with van der Waals surface area (Å²) in [7, 11) is -3.68. The lowest BCUT2D eigenvalue weighted by Crippen LogP contribution is -2.24. The van der Waals surface area contributed by atoms with Crippen molar-refractivity contribution < 1.29 is 8.42 Å². The molecule has 6 nitrogen and oxygen atoms in total. The number of benzene rings is 1. The monoisotopic (exact) mass is 286 g/mol. The predicted octanol–water partition coefficient (Wildman–Crippen LogP) is 1.12. The number of nitrogens with two attached hydrogens (primary N) is 1. The molecule has 0 radical (unpaired) electrons. The van der Waals surface area contributed by atoms with Gasteiger partial charge in [-0.25, -0.2) is 18.1 Å². The van der Waals surface area contributed by atoms with Crippen molar-refractivity contribution in [2.75, 3.05) is 5.73 Å².